The minimum atomic E-state index is -0.0258. The molecular formula is C15H25NO. The number of hydrogen-bond donors (Lipinski definition) is 1. The summed E-state index contributed by atoms with van der Waals surface area (Å²) in [6, 6.07) is 0.111. The van der Waals surface area contributed by atoms with E-state index in [1.165, 1.54) is 11.1 Å². The summed E-state index contributed by atoms with van der Waals surface area (Å²) in [4.78, 5) is 4.62. The summed E-state index contributed by atoms with van der Waals surface area (Å²) < 4.78 is 0. The topological polar surface area (TPSA) is 32.6 Å². The van der Waals surface area contributed by atoms with Crippen LogP contribution in [0.15, 0.2) is 28.3 Å². The van der Waals surface area contributed by atoms with E-state index in [0.717, 1.165) is 24.8 Å². The largest absolute Gasteiger partial charge is 0.396 e. The van der Waals surface area contributed by atoms with Gasteiger partial charge in [-0.25, -0.2) is 0 Å². The Balaban J connectivity index is 2.95. The summed E-state index contributed by atoms with van der Waals surface area (Å²) in [5.74, 6) is 0. The van der Waals surface area contributed by atoms with Crippen molar-refractivity contribution < 1.29 is 5.11 Å². The maximum Gasteiger partial charge on any atom is 0.0797 e. The third-order valence-electron chi connectivity index (χ3n) is 3.61. The summed E-state index contributed by atoms with van der Waals surface area (Å²) in [6.45, 7) is 13.0. The fraction of sp³-hybridized carbons (Fsp3) is 0.667. The van der Waals surface area contributed by atoms with Crippen LogP contribution >= 0.6 is 0 Å². The van der Waals surface area contributed by atoms with Gasteiger partial charge in [-0.05, 0) is 41.9 Å². The molecule has 1 N–H and O–H groups in total. The van der Waals surface area contributed by atoms with Crippen molar-refractivity contribution in [3.8, 4) is 0 Å². The van der Waals surface area contributed by atoms with Crippen LogP contribution in [-0.2, 0) is 0 Å². The molecule has 0 saturated heterocycles. The Morgan fingerprint density at radius 3 is 2.65 bits per heavy atom. The molecule has 0 amide bonds. The van der Waals surface area contributed by atoms with E-state index in [0.29, 0.717) is 0 Å². The van der Waals surface area contributed by atoms with Crippen LogP contribution in [0, 0.1) is 5.41 Å². The molecule has 0 aromatic carbocycles. The standard InChI is InChI=1S/C15H25NO/c1-6-7-13-11(2)10-16-14(12(13)3)15(4,5)8-9-17/h10,14,17H,3,6-9H2,1-2,4-5H3/t14-/m0/s1. The first-order valence-electron chi connectivity index (χ1n) is 6.47. The number of allylic oxidation sites excluding steroid dienone is 1. The second-order valence-electron chi connectivity index (χ2n) is 5.58. The second kappa shape index (κ2) is 5.63. The molecule has 1 heterocycles. The summed E-state index contributed by atoms with van der Waals surface area (Å²) >= 11 is 0. The van der Waals surface area contributed by atoms with Crippen molar-refractivity contribution in [2.45, 2.75) is 53.0 Å². The average molecular weight is 235 g/mol. The fourth-order valence-corrected chi connectivity index (χ4v) is 2.48. The van der Waals surface area contributed by atoms with Crippen LogP contribution < -0.4 is 0 Å². The zero-order chi connectivity index (χ0) is 13.1. The number of dihydropyridines is 1. The Kier molecular flexibility index (Phi) is 4.70. The molecular weight excluding hydrogens is 210 g/mol. The van der Waals surface area contributed by atoms with Gasteiger partial charge >= 0.3 is 0 Å². The highest BCUT2D eigenvalue weighted by molar-refractivity contribution is 5.82. The fourth-order valence-electron chi connectivity index (χ4n) is 2.48. The van der Waals surface area contributed by atoms with Gasteiger partial charge in [0.25, 0.3) is 0 Å². The smallest absolute Gasteiger partial charge is 0.0797 e. The van der Waals surface area contributed by atoms with E-state index in [9.17, 15) is 0 Å². The molecule has 2 heteroatoms. The van der Waals surface area contributed by atoms with Crippen LogP contribution in [0.4, 0.5) is 0 Å². The lowest BCUT2D eigenvalue weighted by molar-refractivity contribution is 0.196. The maximum atomic E-state index is 9.15. The minimum Gasteiger partial charge on any atom is -0.396 e. The predicted octanol–water partition coefficient (Wildman–Crippen LogP) is 3.52. The molecule has 1 aliphatic heterocycles. The Hall–Kier alpha value is -0.890. The normalized spacial score (nSPS) is 21.2. The van der Waals surface area contributed by atoms with E-state index in [4.69, 9.17) is 5.11 Å². The highest BCUT2D eigenvalue weighted by atomic mass is 16.3. The van der Waals surface area contributed by atoms with E-state index in [2.05, 4.69) is 39.3 Å². The Labute approximate surface area is 105 Å². The summed E-state index contributed by atoms with van der Waals surface area (Å²) in [5.41, 5.74) is 3.72. The number of nitrogens with zero attached hydrogens (tertiary/aromatic N) is 1. The van der Waals surface area contributed by atoms with Crippen molar-refractivity contribution in [1.29, 1.82) is 0 Å². The molecule has 0 aliphatic carbocycles. The minimum absolute atomic E-state index is 0.0258. The lowest BCUT2D eigenvalue weighted by atomic mass is 9.74. The summed E-state index contributed by atoms with van der Waals surface area (Å²) in [5, 5.41) is 9.15. The number of aliphatic imine (C=N–C) groups is 1. The molecule has 0 spiro atoms. The molecule has 0 aromatic rings. The highest BCUT2D eigenvalue weighted by Crippen LogP contribution is 2.38. The van der Waals surface area contributed by atoms with E-state index in [1.54, 1.807) is 0 Å². The van der Waals surface area contributed by atoms with Gasteiger partial charge in [-0.15, -0.1) is 0 Å². The average Bonchev–Trinajstić information content (AvgIpc) is 2.23. The molecule has 0 radical (unpaired) electrons. The number of aliphatic hydroxyl groups excluding tert-OH is 1. The number of aliphatic hydroxyl groups is 1. The van der Waals surface area contributed by atoms with Gasteiger partial charge in [0.15, 0.2) is 0 Å². The zero-order valence-corrected chi connectivity index (χ0v) is 11.6. The monoisotopic (exact) mass is 235 g/mol. The molecule has 1 rings (SSSR count). The van der Waals surface area contributed by atoms with E-state index in [1.807, 2.05) is 6.21 Å². The first-order chi connectivity index (χ1) is 7.94. The van der Waals surface area contributed by atoms with Crippen molar-refractivity contribution in [2.24, 2.45) is 10.4 Å². The molecule has 1 atom stereocenters. The SMILES string of the molecule is C=C1C(CCC)=C(C)C=N[C@@H]1C(C)(C)CCO. The third kappa shape index (κ3) is 3.06. The summed E-state index contributed by atoms with van der Waals surface area (Å²) in [7, 11) is 0. The lowest BCUT2D eigenvalue weighted by Crippen LogP contribution is -2.33. The van der Waals surface area contributed by atoms with Gasteiger partial charge in [0.2, 0.25) is 0 Å². The number of hydrogen-bond acceptors (Lipinski definition) is 2. The molecule has 0 bridgehead atoms. The van der Waals surface area contributed by atoms with Crippen LogP contribution in [0.25, 0.3) is 0 Å². The molecule has 2 nitrogen and oxygen atoms in total. The number of rotatable bonds is 5. The Morgan fingerprint density at radius 2 is 2.12 bits per heavy atom. The first kappa shape index (κ1) is 14.2. The van der Waals surface area contributed by atoms with Gasteiger partial charge < -0.3 is 5.11 Å². The molecule has 0 fully saturated rings. The quantitative estimate of drug-likeness (QED) is 0.777. The van der Waals surface area contributed by atoms with Gasteiger partial charge in [-0.2, -0.15) is 0 Å². The van der Waals surface area contributed by atoms with Crippen LogP contribution in [-0.4, -0.2) is 24.0 Å². The van der Waals surface area contributed by atoms with Crippen molar-refractivity contribution in [3.05, 3.63) is 23.3 Å². The Bertz CT molecular complexity index is 350. The lowest BCUT2D eigenvalue weighted by Gasteiger charge is -2.35. The Morgan fingerprint density at radius 1 is 1.47 bits per heavy atom. The summed E-state index contributed by atoms with van der Waals surface area (Å²) in [6.07, 6.45) is 4.94. The molecule has 0 unspecified atom stereocenters. The van der Waals surface area contributed by atoms with Crippen LogP contribution in [0.3, 0.4) is 0 Å². The van der Waals surface area contributed by atoms with Gasteiger partial charge in [0, 0.05) is 12.8 Å². The molecule has 17 heavy (non-hydrogen) atoms. The van der Waals surface area contributed by atoms with Crippen molar-refractivity contribution in [3.63, 3.8) is 0 Å². The van der Waals surface area contributed by atoms with Crippen molar-refractivity contribution in [2.75, 3.05) is 6.61 Å². The highest BCUT2D eigenvalue weighted by Gasteiger charge is 2.33. The van der Waals surface area contributed by atoms with Crippen LogP contribution in [0.2, 0.25) is 0 Å². The molecule has 0 aromatic heterocycles. The van der Waals surface area contributed by atoms with Crippen molar-refractivity contribution >= 4 is 6.21 Å². The third-order valence-corrected chi connectivity index (χ3v) is 3.61. The predicted molar refractivity (Wildman–Crippen MR) is 74.5 cm³/mol. The molecule has 0 saturated carbocycles. The first-order valence-corrected chi connectivity index (χ1v) is 6.47. The van der Waals surface area contributed by atoms with Crippen molar-refractivity contribution in [1.82, 2.24) is 0 Å². The molecule has 96 valence electrons. The van der Waals surface area contributed by atoms with Gasteiger partial charge in [0.05, 0.1) is 6.04 Å². The van der Waals surface area contributed by atoms with Gasteiger partial charge in [-0.1, -0.05) is 33.8 Å². The van der Waals surface area contributed by atoms with E-state index < -0.39 is 0 Å². The van der Waals surface area contributed by atoms with E-state index >= 15 is 0 Å². The molecule has 1 aliphatic rings. The zero-order valence-electron chi connectivity index (χ0n) is 11.6. The van der Waals surface area contributed by atoms with Crippen LogP contribution in [0.5, 0.6) is 0 Å². The van der Waals surface area contributed by atoms with Gasteiger partial charge in [-0.3, -0.25) is 4.99 Å². The maximum absolute atomic E-state index is 9.15. The second-order valence-corrected chi connectivity index (χ2v) is 5.58. The van der Waals surface area contributed by atoms with Crippen LogP contribution in [0.1, 0.15) is 47.0 Å². The van der Waals surface area contributed by atoms with E-state index in [-0.39, 0.29) is 18.1 Å². The van der Waals surface area contributed by atoms with Gasteiger partial charge in [0.1, 0.15) is 0 Å².